The Labute approximate surface area is 151 Å². The molecule has 23 heavy (non-hydrogen) atoms. The van der Waals surface area contributed by atoms with Crippen LogP contribution in [0.1, 0.15) is 11.1 Å². The molecule has 0 aliphatic carbocycles. The number of hydrogen-bond donors (Lipinski definition) is 0. The Morgan fingerprint density at radius 2 is 1.96 bits per heavy atom. The molecule has 6 heteroatoms. The Bertz CT molecular complexity index is 953. The van der Waals surface area contributed by atoms with Gasteiger partial charge in [-0.05, 0) is 35.2 Å². The van der Waals surface area contributed by atoms with Crippen molar-refractivity contribution < 1.29 is 20.1 Å². The normalized spacial score (nSPS) is 10.7. The van der Waals surface area contributed by atoms with Crippen LogP contribution in [0.2, 0.25) is 0 Å². The SMILES string of the molecule is Cc1cccc(C)c1-n1cnnc1-c1[c-]cc2ncsc2c1.[Ir]. The van der Waals surface area contributed by atoms with E-state index in [1.807, 2.05) is 16.1 Å². The Morgan fingerprint density at radius 3 is 2.74 bits per heavy atom. The Kier molecular flexibility index (Phi) is 4.39. The molecule has 1 radical (unpaired) electrons. The van der Waals surface area contributed by atoms with Crippen LogP contribution in [0.3, 0.4) is 0 Å². The maximum Gasteiger partial charge on any atom is 0.114 e. The number of benzene rings is 2. The summed E-state index contributed by atoms with van der Waals surface area (Å²) in [5, 5.41) is 8.41. The molecular weight excluding hydrogens is 484 g/mol. The number of nitrogens with zero attached hydrogens (tertiary/aromatic N) is 4. The molecule has 4 nitrogen and oxygen atoms in total. The molecule has 2 aromatic heterocycles. The van der Waals surface area contributed by atoms with Gasteiger partial charge >= 0.3 is 0 Å². The fraction of sp³-hybridized carbons (Fsp3) is 0.118. The fourth-order valence-electron chi connectivity index (χ4n) is 2.70. The van der Waals surface area contributed by atoms with Gasteiger partial charge in [0, 0.05) is 25.8 Å². The molecule has 2 aromatic carbocycles. The van der Waals surface area contributed by atoms with Crippen molar-refractivity contribution in [2.75, 3.05) is 0 Å². The molecule has 0 saturated heterocycles. The Balaban J connectivity index is 0.00000156. The van der Waals surface area contributed by atoms with E-state index in [1.54, 1.807) is 17.7 Å². The van der Waals surface area contributed by atoms with Crippen LogP contribution in [0, 0.1) is 19.9 Å². The third-order valence-corrected chi connectivity index (χ3v) is 4.52. The predicted octanol–water partition coefficient (Wildman–Crippen LogP) is 3.96. The van der Waals surface area contributed by atoms with Gasteiger partial charge in [0.15, 0.2) is 0 Å². The van der Waals surface area contributed by atoms with Gasteiger partial charge in [0.25, 0.3) is 0 Å². The van der Waals surface area contributed by atoms with E-state index >= 15 is 0 Å². The van der Waals surface area contributed by atoms with Gasteiger partial charge in [-0.3, -0.25) is 4.98 Å². The van der Waals surface area contributed by atoms with Gasteiger partial charge in [-0.1, -0.05) is 18.2 Å². The number of thiazole rings is 1. The van der Waals surface area contributed by atoms with Crippen LogP contribution < -0.4 is 0 Å². The predicted molar refractivity (Wildman–Crippen MR) is 88.3 cm³/mol. The topological polar surface area (TPSA) is 43.6 Å². The van der Waals surface area contributed by atoms with Gasteiger partial charge in [-0.15, -0.1) is 40.2 Å². The first-order valence-corrected chi connectivity index (χ1v) is 7.84. The maximum absolute atomic E-state index is 4.30. The van der Waals surface area contributed by atoms with Crippen molar-refractivity contribution in [2.24, 2.45) is 0 Å². The van der Waals surface area contributed by atoms with Crippen molar-refractivity contribution in [2.45, 2.75) is 13.8 Å². The van der Waals surface area contributed by atoms with Gasteiger partial charge in [-0.25, -0.2) is 0 Å². The quantitative estimate of drug-likeness (QED) is 0.394. The molecule has 0 atom stereocenters. The van der Waals surface area contributed by atoms with E-state index in [0.717, 1.165) is 27.3 Å². The van der Waals surface area contributed by atoms with Crippen LogP contribution in [0.25, 0.3) is 27.3 Å². The van der Waals surface area contributed by atoms with Crippen LogP contribution in [0.15, 0.2) is 42.2 Å². The number of rotatable bonds is 2. The van der Waals surface area contributed by atoms with Crippen molar-refractivity contribution in [3.8, 4) is 17.1 Å². The maximum atomic E-state index is 4.30. The fourth-order valence-corrected chi connectivity index (χ4v) is 3.39. The van der Waals surface area contributed by atoms with E-state index < -0.39 is 0 Å². The molecule has 4 aromatic rings. The third-order valence-electron chi connectivity index (χ3n) is 3.73. The van der Waals surface area contributed by atoms with Crippen molar-refractivity contribution in [3.63, 3.8) is 0 Å². The third kappa shape index (κ3) is 2.74. The number of para-hydroxylation sites is 1. The molecule has 0 saturated carbocycles. The van der Waals surface area contributed by atoms with E-state index in [1.165, 1.54) is 11.1 Å². The molecule has 0 N–H and O–H groups in total. The average molecular weight is 498 g/mol. The van der Waals surface area contributed by atoms with E-state index in [2.05, 4.69) is 59.4 Å². The van der Waals surface area contributed by atoms with Crippen LogP contribution in [0.4, 0.5) is 0 Å². The van der Waals surface area contributed by atoms with Gasteiger partial charge in [-0.2, -0.15) is 5.10 Å². The summed E-state index contributed by atoms with van der Waals surface area (Å²) < 4.78 is 3.16. The minimum atomic E-state index is 0. The summed E-state index contributed by atoms with van der Waals surface area (Å²) >= 11 is 1.62. The Morgan fingerprint density at radius 1 is 1.17 bits per heavy atom. The van der Waals surface area contributed by atoms with Crippen molar-refractivity contribution in [1.29, 1.82) is 0 Å². The summed E-state index contributed by atoms with van der Waals surface area (Å²) in [6, 6.07) is 13.5. The Hall–Kier alpha value is -1.88. The van der Waals surface area contributed by atoms with Crippen LogP contribution >= 0.6 is 11.3 Å². The van der Waals surface area contributed by atoms with Gasteiger partial charge in [0.1, 0.15) is 6.33 Å². The van der Waals surface area contributed by atoms with Crippen LogP contribution in [-0.2, 0) is 20.1 Å². The summed E-state index contributed by atoms with van der Waals surface area (Å²) in [5.41, 5.74) is 7.25. The van der Waals surface area contributed by atoms with Gasteiger partial charge in [0.05, 0.1) is 11.3 Å². The molecule has 0 aliphatic rings. The van der Waals surface area contributed by atoms with Gasteiger partial charge < -0.3 is 4.57 Å². The van der Waals surface area contributed by atoms with E-state index in [4.69, 9.17) is 0 Å². The summed E-state index contributed by atoms with van der Waals surface area (Å²) in [5.74, 6) is 0.799. The molecule has 0 unspecified atom stereocenters. The average Bonchev–Trinajstić information content (AvgIpc) is 3.15. The number of hydrogen-bond acceptors (Lipinski definition) is 4. The first kappa shape index (κ1) is 16.0. The second-order valence-electron chi connectivity index (χ2n) is 5.21. The monoisotopic (exact) mass is 498 g/mol. The standard InChI is InChI=1S/C17H13N4S.Ir/c1-11-4-3-5-12(2)16(11)21-9-19-20-17(21)13-6-7-14-15(8-13)22-10-18-14;/h3-5,7-10H,1-2H3;/q-1;. The van der Waals surface area contributed by atoms with Crippen LogP contribution in [-0.4, -0.2) is 19.7 Å². The smallest absolute Gasteiger partial charge is 0.114 e. The molecule has 4 rings (SSSR count). The second-order valence-corrected chi connectivity index (χ2v) is 6.10. The van der Waals surface area contributed by atoms with Crippen LogP contribution in [0.5, 0.6) is 0 Å². The molecular formula is C17H13IrN4S-. The van der Waals surface area contributed by atoms with E-state index in [9.17, 15) is 0 Å². The number of fused-ring (bicyclic) bond motifs is 1. The van der Waals surface area contributed by atoms with Crippen molar-refractivity contribution >= 4 is 21.6 Å². The largest absolute Gasteiger partial charge is 0.322 e. The zero-order valence-electron chi connectivity index (χ0n) is 12.6. The first-order chi connectivity index (χ1) is 10.7. The van der Waals surface area contributed by atoms with Crippen molar-refractivity contribution in [3.05, 3.63) is 59.4 Å². The minimum absolute atomic E-state index is 0. The second kappa shape index (κ2) is 6.32. The van der Waals surface area contributed by atoms with Gasteiger partial charge in [0.2, 0.25) is 0 Å². The molecule has 0 fully saturated rings. The first-order valence-electron chi connectivity index (χ1n) is 6.96. The zero-order chi connectivity index (χ0) is 15.1. The summed E-state index contributed by atoms with van der Waals surface area (Å²) in [6.45, 7) is 4.20. The molecule has 2 heterocycles. The molecule has 0 aliphatic heterocycles. The summed E-state index contributed by atoms with van der Waals surface area (Å²) in [6.07, 6.45) is 1.76. The summed E-state index contributed by atoms with van der Waals surface area (Å²) in [7, 11) is 0. The van der Waals surface area contributed by atoms with Crippen molar-refractivity contribution in [1.82, 2.24) is 19.7 Å². The molecule has 117 valence electrons. The molecule has 0 amide bonds. The molecule has 0 spiro atoms. The van der Waals surface area contributed by atoms with E-state index in [0.29, 0.717) is 0 Å². The minimum Gasteiger partial charge on any atom is -0.322 e. The zero-order valence-corrected chi connectivity index (χ0v) is 15.8. The summed E-state index contributed by atoms with van der Waals surface area (Å²) in [4.78, 5) is 4.29. The number of aromatic nitrogens is 4. The number of aryl methyl sites for hydroxylation is 2. The molecule has 0 bridgehead atoms. The van der Waals surface area contributed by atoms with E-state index in [-0.39, 0.29) is 20.1 Å².